The van der Waals surface area contributed by atoms with Gasteiger partial charge in [0.2, 0.25) is 0 Å². The van der Waals surface area contributed by atoms with Gasteiger partial charge in [-0.05, 0) is 22.6 Å². The summed E-state index contributed by atoms with van der Waals surface area (Å²) < 4.78 is 5.94. The van der Waals surface area contributed by atoms with Crippen molar-refractivity contribution in [2.24, 2.45) is 0 Å². The zero-order chi connectivity index (χ0) is 11.6. The molecule has 0 saturated heterocycles. The van der Waals surface area contributed by atoms with Crippen molar-refractivity contribution in [3.05, 3.63) is 15.1 Å². The quantitative estimate of drug-likeness (QED) is 0.848. The molecule has 0 atom stereocenters. The summed E-state index contributed by atoms with van der Waals surface area (Å²) in [6.45, 7) is 6.71. The fourth-order valence-electron chi connectivity index (χ4n) is 1.20. The summed E-state index contributed by atoms with van der Waals surface area (Å²) in [7, 11) is 1.62. The van der Waals surface area contributed by atoms with E-state index in [1.165, 1.54) is 0 Å². The van der Waals surface area contributed by atoms with Gasteiger partial charge in [-0.15, -0.1) is 0 Å². The van der Waals surface area contributed by atoms with Crippen LogP contribution in [0.4, 0.5) is 5.82 Å². The lowest BCUT2D eigenvalue weighted by Gasteiger charge is -2.20. The van der Waals surface area contributed by atoms with E-state index in [9.17, 15) is 0 Å². The normalized spacial score (nSPS) is 11.8. The number of rotatable bonds is 2. The van der Waals surface area contributed by atoms with Gasteiger partial charge in [-0.2, -0.15) is 0 Å². The van der Waals surface area contributed by atoms with E-state index in [1.807, 2.05) is 0 Å². The maximum atomic E-state index is 5.83. The number of hydrogen-bond donors (Lipinski definition) is 1. The molecule has 2 N–H and O–H groups in total. The maximum Gasteiger partial charge on any atom is 0.156 e. The lowest BCUT2D eigenvalue weighted by atomic mass is 9.92. The van der Waals surface area contributed by atoms with E-state index in [0.717, 1.165) is 9.26 Å². The third kappa shape index (κ3) is 3.01. The third-order valence-corrected chi connectivity index (χ3v) is 2.97. The van der Waals surface area contributed by atoms with Crippen molar-refractivity contribution in [1.29, 1.82) is 0 Å². The smallest absolute Gasteiger partial charge is 0.156 e. The first-order valence-electron chi connectivity index (χ1n) is 4.67. The standard InChI is InChI=1S/C10H16IN3O/c1-10(2,3)8-7(11)9(12)14-6(13-8)5-15-4/h5H2,1-4H3,(H2,12,13,14). The monoisotopic (exact) mass is 321 g/mol. The van der Waals surface area contributed by atoms with E-state index in [2.05, 4.69) is 53.3 Å². The SMILES string of the molecule is COCc1nc(N)c(I)c(C(C)(C)C)n1. The molecule has 5 heteroatoms. The second-order valence-corrected chi connectivity index (χ2v) is 5.45. The summed E-state index contributed by atoms with van der Waals surface area (Å²) in [6.07, 6.45) is 0. The molecule has 0 aliphatic rings. The number of nitrogens with zero attached hydrogens (tertiary/aromatic N) is 2. The predicted molar refractivity (Wildman–Crippen MR) is 68.6 cm³/mol. The molecule has 1 rings (SSSR count). The minimum atomic E-state index is -0.0317. The first-order chi connectivity index (χ1) is 6.86. The van der Waals surface area contributed by atoms with Crippen LogP contribution in [0.1, 0.15) is 32.3 Å². The molecular weight excluding hydrogens is 305 g/mol. The van der Waals surface area contributed by atoms with E-state index >= 15 is 0 Å². The van der Waals surface area contributed by atoms with Gasteiger partial charge in [-0.25, -0.2) is 9.97 Å². The molecule has 4 nitrogen and oxygen atoms in total. The van der Waals surface area contributed by atoms with Gasteiger partial charge in [0.15, 0.2) is 5.82 Å². The molecule has 15 heavy (non-hydrogen) atoms. The summed E-state index contributed by atoms with van der Waals surface area (Å²) in [5, 5.41) is 0. The fourth-order valence-corrected chi connectivity index (χ4v) is 2.25. The Morgan fingerprint density at radius 2 is 1.93 bits per heavy atom. The molecule has 1 aromatic rings. The molecule has 84 valence electrons. The summed E-state index contributed by atoms with van der Waals surface area (Å²) in [5.74, 6) is 1.17. The van der Waals surface area contributed by atoms with Crippen molar-refractivity contribution < 1.29 is 4.74 Å². The number of halogens is 1. The van der Waals surface area contributed by atoms with Gasteiger partial charge in [0.1, 0.15) is 12.4 Å². The van der Waals surface area contributed by atoms with Gasteiger partial charge in [-0.1, -0.05) is 20.8 Å². The van der Waals surface area contributed by atoms with Gasteiger partial charge >= 0.3 is 0 Å². The van der Waals surface area contributed by atoms with Gasteiger partial charge in [0.05, 0.1) is 9.26 Å². The van der Waals surface area contributed by atoms with Crippen LogP contribution in [0.2, 0.25) is 0 Å². The molecule has 0 bridgehead atoms. The predicted octanol–water partition coefficient (Wildman–Crippen LogP) is 2.11. The van der Waals surface area contributed by atoms with Crippen LogP contribution in [0, 0.1) is 3.57 Å². The Kier molecular flexibility index (Phi) is 3.88. The average Bonchev–Trinajstić information content (AvgIpc) is 2.09. The van der Waals surface area contributed by atoms with Crippen molar-refractivity contribution in [2.45, 2.75) is 32.8 Å². The van der Waals surface area contributed by atoms with Crippen LogP contribution in [-0.2, 0) is 16.8 Å². The highest BCUT2D eigenvalue weighted by Gasteiger charge is 2.22. The Bertz CT molecular complexity index is 360. The van der Waals surface area contributed by atoms with Gasteiger partial charge in [-0.3, -0.25) is 0 Å². The molecule has 0 amide bonds. The van der Waals surface area contributed by atoms with Gasteiger partial charge in [0, 0.05) is 12.5 Å². The van der Waals surface area contributed by atoms with E-state index in [1.54, 1.807) is 7.11 Å². The Balaban J connectivity index is 3.25. The molecule has 0 aliphatic carbocycles. The average molecular weight is 321 g/mol. The minimum absolute atomic E-state index is 0.0317. The third-order valence-electron chi connectivity index (χ3n) is 1.91. The van der Waals surface area contributed by atoms with Crippen LogP contribution in [-0.4, -0.2) is 17.1 Å². The van der Waals surface area contributed by atoms with Crippen molar-refractivity contribution in [3.63, 3.8) is 0 Å². The van der Waals surface area contributed by atoms with Crippen LogP contribution in [0.25, 0.3) is 0 Å². The summed E-state index contributed by atoms with van der Waals surface area (Å²) >= 11 is 2.18. The number of methoxy groups -OCH3 is 1. The topological polar surface area (TPSA) is 61.0 Å². The van der Waals surface area contributed by atoms with Crippen LogP contribution < -0.4 is 5.73 Å². The van der Waals surface area contributed by atoms with Crippen molar-refractivity contribution in [3.8, 4) is 0 Å². The minimum Gasteiger partial charge on any atom is -0.383 e. The highest BCUT2D eigenvalue weighted by Crippen LogP contribution is 2.27. The van der Waals surface area contributed by atoms with Gasteiger partial charge < -0.3 is 10.5 Å². The van der Waals surface area contributed by atoms with Crippen molar-refractivity contribution in [1.82, 2.24) is 9.97 Å². The van der Waals surface area contributed by atoms with Crippen LogP contribution in [0.5, 0.6) is 0 Å². The van der Waals surface area contributed by atoms with E-state index in [-0.39, 0.29) is 5.41 Å². The molecule has 0 spiro atoms. The first kappa shape index (κ1) is 12.6. The van der Waals surface area contributed by atoms with Crippen LogP contribution in [0.15, 0.2) is 0 Å². The Hall–Kier alpha value is -0.430. The van der Waals surface area contributed by atoms with Gasteiger partial charge in [0.25, 0.3) is 0 Å². The molecule has 0 saturated carbocycles. The molecule has 1 aromatic heterocycles. The van der Waals surface area contributed by atoms with Crippen molar-refractivity contribution in [2.75, 3.05) is 12.8 Å². The Morgan fingerprint density at radius 3 is 2.40 bits per heavy atom. The highest BCUT2D eigenvalue weighted by atomic mass is 127. The van der Waals surface area contributed by atoms with Crippen molar-refractivity contribution >= 4 is 28.4 Å². The molecule has 0 radical (unpaired) electrons. The number of nitrogen functional groups attached to an aromatic ring is 1. The molecular formula is C10H16IN3O. The van der Waals surface area contributed by atoms with E-state index < -0.39 is 0 Å². The number of aromatic nitrogens is 2. The summed E-state index contributed by atoms with van der Waals surface area (Å²) in [5.41, 5.74) is 6.78. The van der Waals surface area contributed by atoms with E-state index in [4.69, 9.17) is 10.5 Å². The molecule has 0 aromatic carbocycles. The molecule has 0 aliphatic heterocycles. The molecule has 0 fully saturated rings. The second-order valence-electron chi connectivity index (χ2n) is 4.37. The number of anilines is 1. The van der Waals surface area contributed by atoms with E-state index in [0.29, 0.717) is 18.2 Å². The summed E-state index contributed by atoms with van der Waals surface area (Å²) in [6, 6.07) is 0. The zero-order valence-electron chi connectivity index (χ0n) is 9.47. The number of ether oxygens (including phenoxy) is 1. The first-order valence-corrected chi connectivity index (χ1v) is 5.75. The summed E-state index contributed by atoms with van der Waals surface area (Å²) in [4.78, 5) is 8.64. The molecule has 1 heterocycles. The second kappa shape index (κ2) is 4.61. The number of nitrogens with two attached hydrogens (primary N) is 1. The lowest BCUT2D eigenvalue weighted by molar-refractivity contribution is 0.177. The molecule has 0 unspecified atom stereocenters. The maximum absolute atomic E-state index is 5.83. The Labute approximate surface area is 104 Å². The van der Waals surface area contributed by atoms with Crippen LogP contribution in [0.3, 0.4) is 0 Å². The fraction of sp³-hybridized carbons (Fsp3) is 0.600. The number of hydrogen-bond acceptors (Lipinski definition) is 4. The highest BCUT2D eigenvalue weighted by molar-refractivity contribution is 14.1. The van der Waals surface area contributed by atoms with Crippen LogP contribution >= 0.6 is 22.6 Å². The largest absolute Gasteiger partial charge is 0.383 e. The Morgan fingerprint density at radius 1 is 1.33 bits per heavy atom. The zero-order valence-corrected chi connectivity index (χ0v) is 11.6. The lowest BCUT2D eigenvalue weighted by Crippen LogP contribution is -2.19.